The van der Waals surface area contributed by atoms with Crippen molar-refractivity contribution in [2.45, 2.75) is 32.2 Å². The number of hydrogen-bond acceptors (Lipinski definition) is 2. The van der Waals surface area contributed by atoms with Gasteiger partial charge in [0.2, 0.25) is 0 Å². The number of carbonyl (C=O) groups excluding carboxylic acids is 1. The molecule has 0 aromatic rings. The number of carbonyl (C=O) groups is 1. The highest BCUT2D eigenvalue weighted by atomic mass is 16.2. The molecule has 0 saturated carbocycles. The van der Waals surface area contributed by atoms with Gasteiger partial charge in [-0.2, -0.15) is 0 Å². The standard InChI is InChI=1S/C9H20N4O/c1-5-9(6-2,7(10)11)12-8(14)13(3)4/h5-6H2,1-4H3,(H3,10,11)(H,12,14). The molecule has 0 rings (SSSR count). The summed E-state index contributed by atoms with van der Waals surface area (Å²) in [5.74, 6) is 0.0118. The molecule has 82 valence electrons. The van der Waals surface area contributed by atoms with Crippen LogP contribution in [0, 0.1) is 5.41 Å². The van der Waals surface area contributed by atoms with Gasteiger partial charge in [-0.3, -0.25) is 5.41 Å². The predicted octanol–water partition coefficient (Wildman–Crippen LogP) is 0.752. The van der Waals surface area contributed by atoms with Crippen molar-refractivity contribution in [3.8, 4) is 0 Å². The number of nitrogens with zero attached hydrogens (tertiary/aromatic N) is 1. The quantitative estimate of drug-likeness (QED) is 0.462. The summed E-state index contributed by atoms with van der Waals surface area (Å²) in [6.45, 7) is 3.81. The van der Waals surface area contributed by atoms with Crippen LogP contribution in [0.1, 0.15) is 26.7 Å². The van der Waals surface area contributed by atoms with Gasteiger partial charge in [0.1, 0.15) is 5.84 Å². The van der Waals surface area contributed by atoms with Gasteiger partial charge < -0.3 is 16.0 Å². The number of hydrogen-bond donors (Lipinski definition) is 3. The Balaban J connectivity index is 4.68. The summed E-state index contributed by atoms with van der Waals surface area (Å²) in [6.07, 6.45) is 1.25. The van der Waals surface area contributed by atoms with Gasteiger partial charge in [-0.25, -0.2) is 4.79 Å². The maximum Gasteiger partial charge on any atom is 0.317 e. The number of amidine groups is 1. The fourth-order valence-corrected chi connectivity index (χ4v) is 1.19. The smallest absolute Gasteiger partial charge is 0.317 e. The molecule has 0 unspecified atom stereocenters. The number of amides is 2. The van der Waals surface area contributed by atoms with Gasteiger partial charge in [-0.15, -0.1) is 0 Å². The highest BCUT2D eigenvalue weighted by molar-refractivity contribution is 5.91. The van der Waals surface area contributed by atoms with E-state index >= 15 is 0 Å². The lowest BCUT2D eigenvalue weighted by Crippen LogP contribution is -2.58. The van der Waals surface area contributed by atoms with E-state index in [-0.39, 0.29) is 11.9 Å². The van der Waals surface area contributed by atoms with Crippen LogP contribution in [0.5, 0.6) is 0 Å². The molecule has 0 spiro atoms. The number of rotatable bonds is 4. The van der Waals surface area contributed by atoms with Crippen LogP contribution in [-0.2, 0) is 0 Å². The van der Waals surface area contributed by atoms with Crippen molar-refractivity contribution in [2.24, 2.45) is 5.73 Å². The van der Waals surface area contributed by atoms with Gasteiger partial charge in [0.05, 0.1) is 5.54 Å². The molecular formula is C9H20N4O. The Morgan fingerprint density at radius 2 is 1.86 bits per heavy atom. The zero-order valence-corrected chi connectivity index (χ0v) is 9.35. The lowest BCUT2D eigenvalue weighted by Gasteiger charge is -2.32. The first kappa shape index (κ1) is 12.7. The van der Waals surface area contributed by atoms with Crippen molar-refractivity contribution < 1.29 is 4.79 Å². The largest absolute Gasteiger partial charge is 0.386 e. The molecule has 0 atom stereocenters. The Hall–Kier alpha value is -1.26. The van der Waals surface area contributed by atoms with Gasteiger partial charge >= 0.3 is 6.03 Å². The first-order valence-corrected chi connectivity index (χ1v) is 4.73. The minimum absolute atomic E-state index is 0.0118. The average Bonchev–Trinajstić information content (AvgIpc) is 2.13. The maximum absolute atomic E-state index is 11.4. The highest BCUT2D eigenvalue weighted by Crippen LogP contribution is 2.14. The van der Waals surface area contributed by atoms with E-state index in [1.807, 2.05) is 13.8 Å². The Kier molecular flexibility index (Phi) is 4.40. The van der Waals surface area contributed by atoms with Crippen LogP contribution < -0.4 is 11.1 Å². The molecule has 0 aromatic heterocycles. The zero-order chi connectivity index (χ0) is 11.4. The second kappa shape index (κ2) is 4.83. The number of nitrogens with one attached hydrogen (secondary N) is 2. The van der Waals surface area contributed by atoms with Crippen LogP contribution in [0.3, 0.4) is 0 Å². The Bertz CT molecular complexity index is 221. The summed E-state index contributed by atoms with van der Waals surface area (Å²) in [5, 5.41) is 10.2. The van der Waals surface area contributed by atoms with Crippen LogP contribution in [0.2, 0.25) is 0 Å². The monoisotopic (exact) mass is 200 g/mol. The fraction of sp³-hybridized carbons (Fsp3) is 0.778. The van der Waals surface area contributed by atoms with Gasteiger partial charge in [0.25, 0.3) is 0 Å². The van der Waals surface area contributed by atoms with E-state index in [0.29, 0.717) is 12.8 Å². The minimum atomic E-state index is -0.693. The van der Waals surface area contributed by atoms with Crippen molar-refractivity contribution in [3.63, 3.8) is 0 Å². The van der Waals surface area contributed by atoms with Crippen LogP contribution in [-0.4, -0.2) is 36.4 Å². The predicted molar refractivity (Wildman–Crippen MR) is 57.4 cm³/mol. The molecule has 5 nitrogen and oxygen atoms in total. The Morgan fingerprint density at radius 3 is 2.07 bits per heavy atom. The molecule has 0 aliphatic carbocycles. The minimum Gasteiger partial charge on any atom is -0.386 e. The molecule has 5 heteroatoms. The molecular weight excluding hydrogens is 180 g/mol. The molecule has 0 heterocycles. The Labute approximate surface area is 85.2 Å². The Morgan fingerprint density at radius 1 is 1.43 bits per heavy atom. The normalized spacial score (nSPS) is 10.9. The van der Waals surface area contributed by atoms with Crippen LogP contribution >= 0.6 is 0 Å². The lowest BCUT2D eigenvalue weighted by atomic mass is 9.91. The summed E-state index contributed by atoms with van der Waals surface area (Å²) < 4.78 is 0. The molecule has 0 saturated heterocycles. The van der Waals surface area contributed by atoms with Crippen molar-refractivity contribution >= 4 is 11.9 Å². The summed E-state index contributed by atoms with van der Waals surface area (Å²) >= 11 is 0. The fourth-order valence-electron chi connectivity index (χ4n) is 1.19. The molecule has 0 aliphatic heterocycles. The third-order valence-corrected chi connectivity index (χ3v) is 2.48. The summed E-state index contributed by atoms with van der Waals surface area (Å²) in [7, 11) is 3.32. The van der Waals surface area contributed by atoms with Crippen molar-refractivity contribution in [1.29, 1.82) is 5.41 Å². The summed E-state index contributed by atoms with van der Waals surface area (Å²) in [6, 6.07) is -0.219. The molecule has 0 fully saturated rings. The molecule has 0 aromatic carbocycles. The van der Waals surface area contributed by atoms with Crippen LogP contribution in [0.25, 0.3) is 0 Å². The molecule has 0 aliphatic rings. The molecule has 0 bridgehead atoms. The van der Waals surface area contributed by atoms with E-state index in [4.69, 9.17) is 11.1 Å². The van der Waals surface area contributed by atoms with Gasteiger partial charge in [0, 0.05) is 14.1 Å². The SMILES string of the molecule is CCC(CC)(NC(=O)N(C)C)C(=N)N. The summed E-state index contributed by atoms with van der Waals surface area (Å²) in [5.41, 5.74) is 4.80. The van der Waals surface area contributed by atoms with Crippen LogP contribution in [0.4, 0.5) is 4.79 Å². The number of nitrogens with two attached hydrogens (primary N) is 1. The van der Waals surface area contributed by atoms with E-state index in [2.05, 4.69) is 5.32 Å². The maximum atomic E-state index is 11.4. The average molecular weight is 200 g/mol. The van der Waals surface area contributed by atoms with Crippen molar-refractivity contribution in [3.05, 3.63) is 0 Å². The van der Waals surface area contributed by atoms with Crippen LogP contribution in [0.15, 0.2) is 0 Å². The van der Waals surface area contributed by atoms with E-state index < -0.39 is 5.54 Å². The molecule has 14 heavy (non-hydrogen) atoms. The topological polar surface area (TPSA) is 82.2 Å². The molecule has 4 N–H and O–H groups in total. The van der Waals surface area contributed by atoms with Gasteiger partial charge in [0.15, 0.2) is 0 Å². The highest BCUT2D eigenvalue weighted by Gasteiger charge is 2.31. The van der Waals surface area contributed by atoms with Gasteiger partial charge in [-0.1, -0.05) is 13.8 Å². The molecule has 0 radical (unpaired) electrons. The lowest BCUT2D eigenvalue weighted by molar-refractivity contribution is 0.207. The number of urea groups is 1. The van der Waals surface area contributed by atoms with E-state index in [0.717, 1.165) is 0 Å². The first-order valence-electron chi connectivity index (χ1n) is 4.73. The third kappa shape index (κ3) is 2.61. The zero-order valence-electron chi connectivity index (χ0n) is 9.35. The second-order valence-electron chi connectivity index (χ2n) is 3.53. The van der Waals surface area contributed by atoms with E-state index in [1.54, 1.807) is 14.1 Å². The van der Waals surface area contributed by atoms with E-state index in [9.17, 15) is 4.79 Å². The first-order chi connectivity index (χ1) is 6.39. The molecule has 2 amide bonds. The van der Waals surface area contributed by atoms with Gasteiger partial charge in [-0.05, 0) is 12.8 Å². The van der Waals surface area contributed by atoms with Crippen molar-refractivity contribution in [2.75, 3.05) is 14.1 Å². The summed E-state index contributed by atoms with van der Waals surface area (Å²) in [4.78, 5) is 12.9. The van der Waals surface area contributed by atoms with Crippen molar-refractivity contribution in [1.82, 2.24) is 10.2 Å². The third-order valence-electron chi connectivity index (χ3n) is 2.48. The van der Waals surface area contributed by atoms with E-state index in [1.165, 1.54) is 4.90 Å². The second-order valence-corrected chi connectivity index (χ2v) is 3.53.